The van der Waals surface area contributed by atoms with Crippen molar-refractivity contribution in [1.82, 2.24) is 14.5 Å². The highest BCUT2D eigenvalue weighted by Gasteiger charge is 2.31. The number of halogens is 2. The number of carbonyl (C=O) groups is 1. The Morgan fingerprint density at radius 2 is 2.15 bits per heavy atom. The van der Waals surface area contributed by atoms with Gasteiger partial charge in [-0.25, -0.2) is 9.37 Å². The first-order valence-electron chi connectivity index (χ1n) is 8.05. The number of carbonyl (C=O) groups excluding carboxylic acids is 1. The summed E-state index contributed by atoms with van der Waals surface area (Å²) in [5.41, 5.74) is 1.88. The second kappa shape index (κ2) is 6.14. The topological polar surface area (TPSA) is 58.4 Å². The maximum absolute atomic E-state index is 14.2. The van der Waals surface area contributed by atoms with Gasteiger partial charge in [0.1, 0.15) is 11.6 Å². The van der Waals surface area contributed by atoms with Crippen molar-refractivity contribution in [2.75, 3.05) is 13.1 Å². The van der Waals surface area contributed by atoms with Crippen LogP contribution in [0.1, 0.15) is 6.04 Å². The molecule has 7 heteroatoms. The summed E-state index contributed by atoms with van der Waals surface area (Å²) in [7, 11) is 0. The Hall–Kier alpha value is -2.86. The van der Waals surface area contributed by atoms with Gasteiger partial charge in [0.05, 0.1) is 34.0 Å². The predicted octanol–water partition coefficient (Wildman–Crippen LogP) is 3.77. The van der Waals surface area contributed by atoms with Crippen molar-refractivity contribution in [3.63, 3.8) is 0 Å². The highest BCUT2D eigenvalue weighted by Crippen LogP contribution is 2.39. The third-order valence-electron chi connectivity index (χ3n) is 4.67. The monoisotopic (exact) mass is 371 g/mol. The SMILES string of the molecule is C=CC(=O)N1CC(n2cnc3cc(-c4c(O)cccc4F)c(Cl)cc32)C1. The highest BCUT2D eigenvalue weighted by atomic mass is 35.5. The quantitative estimate of drug-likeness (QED) is 0.713. The van der Waals surface area contributed by atoms with Gasteiger partial charge in [-0.3, -0.25) is 4.79 Å². The number of amides is 1. The van der Waals surface area contributed by atoms with Crippen LogP contribution in [0.2, 0.25) is 5.02 Å². The lowest BCUT2D eigenvalue weighted by Crippen LogP contribution is -2.49. The van der Waals surface area contributed by atoms with Gasteiger partial charge in [-0.1, -0.05) is 24.2 Å². The van der Waals surface area contributed by atoms with Gasteiger partial charge in [-0.2, -0.15) is 0 Å². The summed E-state index contributed by atoms with van der Waals surface area (Å²) in [5.74, 6) is -0.826. The van der Waals surface area contributed by atoms with Crippen molar-refractivity contribution in [2.24, 2.45) is 0 Å². The molecule has 4 rings (SSSR count). The molecule has 1 aromatic heterocycles. The van der Waals surface area contributed by atoms with E-state index in [4.69, 9.17) is 11.6 Å². The zero-order chi connectivity index (χ0) is 18.4. The molecule has 1 saturated heterocycles. The lowest BCUT2D eigenvalue weighted by molar-refractivity contribution is -0.131. The minimum atomic E-state index is -0.553. The molecule has 5 nitrogen and oxygen atoms in total. The van der Waals surface area contributed by atoms with Gasteiger partial charge < -0.3 is 14.6 Å². The molecule has 0 aliphatic carbocycles. The number of fused-ring (bicyclic) bond motifs is 1. The van der Waals surface area contributed by atoms with Gasteiger partial charge in [0.25, 0.3) is 0 Å². The van der Waals surface area contributed by atoms with E-state index in [1.807, 2.05) is 4.57 Å². The molecular weight excluding hydrogens is 357 g/mol. The fraction of sp³-hybridized carbons (Fsp3) is 0.158. The molecular formula is C19H15ClFN3O2. The summed E-state index contributed by atoms with van der Waals surface area (Å²) in [4.78, 5) is 17.7. The fourth-order valence-corrected chi connectivity index (χ4v) is 3.50. The van der Waals surface area contributed by atoms with Crippen molar-refractivity contribution in [2.45, 2.75) is 6.04 Å². The number of hydrogen-bond acceptors (Lipinski definition) is 3. The van der Waals surface area contributed by atoms with Gasteiger partial charge in [0, 0.05) is 18.7 Å². The molecule has 2 heterocycles. The Labute approximate surface area is 153 Å². The summed E-state index contributed by atoms with van der Waals surface area (Å²) < 4.78 is 16.1. The molecule has 0 bridgehead atoms. The van der Waals surface area contributed by atoms with Crippen LogP contribution in [-0.4, -0.2) is 38.6 Å². The minimum Gasteiger partial charge on any atom is -0.507 e. The fourth-order valence-electron chi connectivity index (χ4n) is 3.25. The maximum Gasteiger partial charge on any atom is 0.246 e. The van der Waals surface area contributed by atoms with Crippen LogP contribution in [0.15, 0.2) is 49.3 Å². The van der Waals surface area contributed by atoms with Crippen molar-refractivity contribution in [3.8, 4) is 16.9 Å². The number of hydrogen-bond donors (Lipinski definition) is 1. The lowest BCUT2D eigenvalue weighted by atomic mass is 10.0. The largest absolute Gasteiger partial charge is 0.507 e. The molecule has 0 saturated carbocycles. The Morgan fingerprint density at radius 3 is 2.85 bits per heavy atom. The Morgan fingerprint density at radius 1 is 1.38 bits per heavy atom. The van der Waals surface area contributed by atoms with Crippen molar-refractivity contribution >= 4 is 28.5 Å². The predicted molar refractivity (Wildman–Crippen MR) is 97.6 cm³/mol. The zero-order valence-corrected chi connectivity index (χ0v) is 14.4. The highest BCUT2D eigenvalue weighted by molar-refractivity contribution is 6.34. The van der Waals surface area contributed by atoms with Crippen LogP contribution < -0.4 is 0 Å². The zero-order valence-electron chi connectivity index (χ0n) is 13.7. The Kier molecular flexibility index (Phi) is 3.92. The molecule has 0 spiro atoms. The van der Waals surface area contributed by atoms with Gasteiger partial charge in [0.2, 0.25) is 5.91 Å². The van der Waals surface area contributed by atoms with Crippen molar-refractivity contribution < 1.29 is 14.3 Å². The van der Waals surface area contributed by atoms with Crippen LogP contribution in [-0.2, 0) is 4.79 Å². The van der Waals surface area contributed by atoms with Crippen LogP contribution in [0.4, 0.5) is 4.39 Å². The van der Waals surface area contributed by atoms with E-state index >= 15 is 0 Å². The Balaban J connectivity index is 1.73. The van der Waals surface area contributed by atoms with Crippen molar-refractivity contribution in [3.05, 3.63) is 60.2 Å². The van der Waals surface area contributed by atoms with E-state index in [0.29, 0.717) is 29.2 Å². The number of rotatable bonds is 3. The first-order valence-corrected chi connectivity index (χ1v) is 8.42. The van der Waals surface area contributed by atoms with Gasteiger partial charge >= 0.3 is 0 Å². The van der Waals surface area contributed by atoms with E-state index in [1.54, 1.807) is 23.4 Å². The summed E-state index contributed by atoms with van der Waals surface area (Å²) in [6, 6.07) is 7.60. The van der Waals surface area contributed by atoms with Crippen LogP contribution in [0.5, 0.6) is 5.75 Å². The van der Waals surface area contributed by atoms with E-state index in [2.05, 4.69) is 11.6 Å². The number of aromatic hydroxyl groups is 1. The van der Waals surface area contributed by atoms with Crippen LogP contribution >= 0.6 is 11.6 Å². The number of nitrogens with zero attached hydrogens (tertiary/aromatic N) is 3. The van der Waals surface area contributed by atoms with Crippen LogP contribution in [0.25, 0.3) is 22.2 Å². The van der Waals surface area contributed by atoms with Crippen molar-refractivity contribution in [1.29, 1.82) is 0 Å². The number of phenolic OH excluding ortho intramolecular Hbond substituents is 1. The Bertz CT molecular complexity index is 1020. The lowest BCUT2D eigenvalue weighted by Gasteiger charge is -2.39. The summed E-state index contributed by atoms with van der Waals surface area (Å²) in [6.45, 7) is 4.63. The van der Waals surface area contributed by atoms with Crippen LogP contribution in [0, 0.1) is 5.82 Å². The average Bonchev–Trinajstić information content (AvgIpc) is 2.96. The second-order valence-corrected chi connectivity index (χ2v) is 6.61. The molecule has 26 heavy (non-hydrogen) atoms. The van der Waals surface area contributed by atoms with Gasteiger partial charge in [-0.05, 0) is 30.3 Å². The summed E-state index contributed by atoms with van der Waals surface area (Å²) in [5, 5.41) is 10.3. The first kappa shape index (κ1) is 16.6. The van der Waals surface area contributed by atoms with E-state index in [0.717, 1.165) is 5.52 Å². The van der Waals surface area contributed by atoms with E-state index < -0.39 is 5.82 Å². The molecule has 0 atom stereocenters. The number of phenols is 1. The molecule has 1 amide bonds. The smallest absolute Gasteiger partial charge is 0.246 e. The third-order valence-corrected chi connectivity index (χ3v) is 4.98. The summed E-state index contributed by atoms with van der Waals surface area (Å²) >= 11 is 6.38. The first-order chi connectivity index (χ1) is 12.5. The number of aromatic nitrogens is 2. The maximum atomic E-state index is 14.2. The normalized spacial score (nSPS) is 14.5. The standard InChI is InChI=1S/C19H15ClFN3O2/c1-2-18(26)23-8-11(9-23)24-10-22-15-6-12(13(20)7-16(15)24)19-14(21)4-3-5-17(19)25/h2-7,10-11,25H,1,8-9H2. The van der Waals surface area contributed by atoms with Crippen LogP contribution in [0.3, 0.4) is 0 Å². The number of likely N-dealkylation sites (tertiary alicyclic amines) is 1. The third kappa shape index (κ3) is 2.54. The molecule has 1 N–H and O–H groups in total. The molecule has 132 valence electrons. The minimum absolute atomic E-state index is 0.0559. The number of benzene rings is 2. The molecule has 1 fully saturated rings. The molecule has 2 aromatic carbocycles. The van der Waals surface area contributed by atoms with E-state index in [1.165, 1.54) is 24.3 Å². The molecule has 0 radical (unpaired) electrons. The van der Waals surface area contributed by atoms with E-state index in [9.17, 15) is 14.3 Å². The molecule has 0 unspecified atom stereocenters. The molecule has 3 aromatic rings. The van der Waals surface area contributed by atoms with Gasteiger partial charge in [-0.15, -0.1) is 0 Å². The number of imidazole rings is 1. The molecule has 1 aliphatic heterocycles. The second-order valence-electron chi connectivity index (χ2n) is 6.21. The van der Waals surface area contributed by atoms with E-state index in [-0.39, 0.29) is 23.3 Å². The molecule has 1 aliphatic rings. The van der Waals surface area contributed by atoms with Gasteiger partial charge in [0.15, 0.2) is 0 Å². The average molecular weight is 372 g/mol. The summed E-state index contributed by atoms with van der Waals surface area (Å²) in [6.07, 6.45) is 2.98.